The van der Waals surface area contributed by atoms with Gasteiger partial charge in [0, 0.05) is 12.3 Å². The van der Waals surface area contributed by atoms with Gasteiger partial charge in [0.15, 0.2) is 0 Å². The van der Waals surface area contributed by atoms with Gasteiger partial charge in [0.1, 0.15) is 5.78 Å². The predicted octanol–water partition coefficient (Wildman–Crippen LogP) is 1.91. The molecule has 2 saturated carbocycles. The van der Waals surface area contributed by atoms with Gasteiger partial charge < -0.3 is 5.11 Å². The molecule has 2 aliphatic rings. The maximum atomic E-state index is 11.4. The van der Waals surface area contributed by atoms with Crippen LogP contribution in [0.4, 0.5) is 0 Å². The maximum absolute atomic E-state index is 11.4. The molecular formula is C11H18O2. The Bertz CT molecular complexity index is 194. The van der Waals surface area contributed by atoms with E-state index in [1.54, 1.807) is 0 Å². The fraction of sp³-hybridized carbons (Fsp3) is 0.909. The fourth-order valence-corrected chi connectivity index (χ4v) is 2.83. The molecule has 0 spiro atoms. The molecule has 0 bridgehead atoms. The van der Waals surface area contributed by atoms with E-state index in [1.165, 1.54) is 12.8 Å². The summed E-state index contributed by atoms with van der Waals surface area (Å²) in [5.74, 6) is 0.717. The highest BCUT2D eigenvalue weighted by atomic mass is 16.3. The zero-order valence-corrected chi connectivity index (χ0v) is 8.04. The first-order chi connectivity index (χ1) is 6.29. The summed E-state index contributed by atoms with van der Waals surface area (Å²) in [5, 5.41) is 10.00. The monoisotopic (exact) mass is 182 g/mol. The molecular weight excluding hydrogens is 164 g/mol. The van der Waals surface area contributed by atoms with Crippen molar-refractivity contribution in [3.63, 3.8) is 0 Å². The Morgan fingerprint density at radius 1 is 1.15 bits per heavy atom. The van der Waals surface area contributed by atoms with E-state index in [-0.39, 0.29) is 12.0 Å². The van der Waals surface area contributed by atoms with Crippen LogP contribution in [0.2, 0.25) is 0 Å². The summed E-state index contributed by atoms with van der Waals surface area (Å²) in [5.41, 5.74) is 0. The van der Waals surface area contributed by atoms with Crippen molar-refractivity contribution in [1.29, 1.82) is 0 Å². The van der Waals surface area contributed by atoms with Gasteiger partial charge in [-0.05, 0) is 31.6 Å². The number of carbonyl (C=O) groups is 1. The number of aliphatic hydroxyl groups is 1. The highest BCUT2D eigenvalue weighted by molar-refractivity contribution is 5.83. The van der Waals surface area contributed by atoms with Crippen LogP contribution in [0.1, 0.15) is 44.9 Å². The third-order valence-electron chi connectivity index (χ3n) is 3.65. The van der Waals surface area contributed by atoms with Crippen LogP contribution in [-0.2, 0) is 4.79 Å². The molecule has 0 amide bonds. The first-order valence-corrected chi connectivity index (χ1v) is 5.50. The summed E-state index contributed by atoms with van der Waals surface area (Å²) in [6, 6.07) is 0. The summed E-state index contributed by atoms with van der Waals surface area (Å²) in [6.07, 6.45) is 7.04. The number of ketones is 1. The van der Waals surface area contributed by atoms with Crippen molar-refractivity contribution in [2.75, 3.05) is 0 Å². The van der Waals surface area contributed by atoms with E-state index in [0.29, 0.717) is 18.1 Å². The number of hydrogen-bond acceptors (Lipinski definition) is 2. The van der Waals surface area contributed by atoms with Crippen molar-refractivity contribution >= 4 is 5.78 Å². The van der Waals surface area contributed by atoms with Crippen molar-refractivity contribution in [2.24, 2.45) is 11.8 Å². The Labute approximate surface area is 79.3 Å². The average molecular weight is 182 g/mol. The molecule has 0 heterocycles. The van der Waals surface area contributed by atoms with E-state index in [1.807, 2.05) is 0 Å². The van der Waals surface area contributed by atoms with Gasteiger partial charge in [-0.3, -0.25) is 4.79 Å². The van der Waals surface area contributed by atoms with Crippen LogP contribution < -0.4 is 0 Å². The largest absolute Gasteiger partial charge is 0.392 e. The van der Waals surface area contributed by atoms with Gasteiger partial charge in [-0.25, -0.2) is 0 Å². The molecule has 2 heteroatoms. The standard InChI is InChI=1S/C11H18O2/c12-10-7-3-6-9(10)11(13)8-4-1-2-5-8/h8-9,11,13H,1-7H2/t9-,11-/m1/s1. The third kappa shape index (κ3) is 1.78. The van der Waals surface area contributed by atoms with Gasteiger partial charge in [0.25, 0.3) is 0 Å². The Morgan fingerprint density at radius 3 is 2.38 bits per heavy atom. The Hall–Kier alpha value is -0.370. The van der Waals surface area contributed by atoms with Gasteiger partial charge in [-0.1, -0.05) is 12.8 Å². The van der Waals surface area contributed by atoms with Crippen LogP contribution in [0.15, 0.2) is 0 Å². The molecule has 1 N–H and O–H groups in total. The molecule has 0 unspecified atom stereocenters. The summed E-state index contributed by atoms with van der Waals surface area (Å²) in [6.45, 7) is 0. The number of aliphatic hydroxyl groups excluding tert-OH is 1. The van der Waals surface area contributed by atoms with Crippen LogP contribution in [0.25, 0.3) is 0 Å². The first-order valence-electron chi connectivity index (χ1n) is 5.50. The van der Waals surface area contributed by atoms with E-state index >= 15 is 0 Å². The minimum absolute atomic E-state index is 0.0110. The Morgan fingerprint density at radius 2 is 1.85 bits per heavy atom. The lowest BCUT2D eigenvalue weighted by Crippen LogP contribution is -2.30. The van der Waals surface area contributed by atoms with Crippen LogP contribution in [0.3, 0.4) is 0 Å². The lowest BCUT2D eigenvalue weighted by molar-refractivity contribution is -0.124. The SMILES string of the molecule is O=C1CCC[C@H]1[C@H](O)C1CCCC1. The number of Topliss-reactive ketones (excluding diaryl/α,β-unsaturated/α-hetero) is 1. The number of hydrogen-bond donors (Lipinski definition) is 1. The van der Waals surface area contributed by atoms with Crippen LogP contribution in [-0.4, -0.2) is 17.0 Å². The summed E-state index contributed by atoms with van der Waals surface area (Å²) in [7, 11) is 0. The quantitative estimate of drug-likeness (QED) is 0.708. The van der Waals surface area contributed by atoms with Gasteiger partial charge >= 0.3 is 0 Å². The van der Waals surface area contributed by atoms with Crippen molar-refractivity contribution in [3.8, 4) is 0 Å². The van der Waals surface area contributed by atoms with E-state index in [9.17, 15) is 9.90 Å². The van der Waals surface area contributed by atoms with Gasteiger partial charge in [0.2, 0.25) is 0 Å². The summed E-state index contributed by atoms with van der Waals surface area (Å²) >= 11 is 0. The molecule has 2 atom stereocenters. The first kappa shape index (κ1) is 9.20. The molecule has 2 rings (SSSR count). The smallest absolute Gasteiger partial charge is 0.138 e. The molecule has 0 radical (unpaired) electrons. The van der Waals surface area contributed by atoms with Crippen molar-refractivity contribution in [3.05, 3.63) is 0 Å². The fourth-order valence-electron chi connectivity index (χ4n) is 2.83. The molecule has 0 aliphatic heterocycles. The van der Waals surface area contributed by atoms with Crippen LogP contribution in [0.5, 0.6) is 0 Å². The second-order valence-corrected chi connectivity index (χ2v) is 4.50. The van der Waals surface area contributed by atoms with E-state index in [2.05, 4.69) is 0 Å². The van der Waals surface area contributed by atoms with E-state index in [4.69, 9.17) is 0 Å². The molecule has 0 aromatic heterocycles. The van der Waals surface area contributed by atoms with Crippen LogP contribution >= 0.6 is 0 Å². The molecule has 2 aliphatic carbocycles. The van der Waals surface area contributed by atoms with Crippen LogP contribution in [0, 0.1) is 11.8 Å². The van der Waals surface area contributed by atoms with Gasteiger partial charge in [0.05, 0.1) is 6.10 Å². The third-order valence-corrected chi connectivity index (χ3v) is 3.65. The normalized spacial score (nSPS) is 32.7. The Kier molecular flexibility index (Phi) is 2.68. The minimum atomic E-state index is -0.322. The van der Waals surface area contributed by atoms with Gasteiger partial charge in [-0.2, -0.15) is 0 Å². The maximum Gasteiger partial charge on any atom is 0.138 e. The summed E-state index contributed by atoms with van der Waals surface area (Å²) in [4.78, 5) is 11.4. The van der Waals surface area contributed by atoms with Crippen molar-refractivity contribution in [1.82, 2.24) is 0 Å². The van der Waals surface area contributed by atoms with E-state index < -0.39 is 0 Å². The van der Waals surface area contributed by atoms with Crippen molar-refractivity contribution in [2.45, 2.75) is 51.0 Å². The second-order valence-electron chi connectivity index (χ2n) is 4.50. The zero-order valence-electron chi connectivity index (χ0n) is 8.04. The number of rotatable bonds is 2. The highest BCUT2D eigenvalue weighted by Gasteiger charge is 2.36. The molecule has 13 heavy (non-hydrogen) atoms. The zero-order chi connectivity index (χ0) is 9.26. The number of carbonyl (C=O) groups excluding carboxylic acids is 1. The predicted molar refractivity (Wildman–Crippen MR) is 50.3 cm³/mol. The molecule has 2 fully saturated rings. The minimum Gasteiger partial charge on any atom is -0.392 e. The topological polar surface area (TPSA) is 37.3 Å². The van der Waals surface area contributed by atoms with Gasteiger partial charge in [-0.15, -0.1) is 0 Å². The molecule has 0 saturated heterocycles. The van der Waals surface area contributed by atoms with E-state index in [0.717, 1.165) is 25.7 Å². The molecule has 0 aromatic rings. The molecule has 0 aromatic carbocycles. The lowest BCUT2D eigenvalue weighted by Gasteiger charge is -2.22. The second kappa shape index (κ2) is 3.79. The molecule has 2 nitrogen and oxygen atoms in total. The Balaban J connectivity index is 1.94. The average Bonchev–Trinajstić information content (AvgIpc) is 2.72. The lowest BCUT2D eigenvalue weighted by atomic mass is 9.88. The summed E-state index contributed by atoms with van der Waals surface area (Å²) < 4.78 is 0. The highest BCUT2D eigenvalue weighted by Crippen LogP contribution is 2.35. The van der Waals surface area contributed by atoms with Crippen molar-refractivity contribution < 1.29 is 9.90 Å². The molecule has 74 valence electrons.